The van der Waals surface area contributed by atoms with Gasteiger partial charge in [0.05, 0.1) is 0 Å². The van der Waals surface area contributed by atoms with Crippen molar-refractivity contribution in [3.63, 3.8) is 0 Å². The summed E-state index contributed by atoms with van der Waals surface area (Å²) in [6.45, 7) is 8.61. The van der Waals surface area contributed by atoms with E-state index >= 15 is 0 Å². The van der Waals surface area contributed by atoms with E-state index in [-0.39, 0.29) is 17.9 Å². The van der Waals surface area contributed by atoms with Gasteiger partial charge in [-0.05, 0) is 24.7 Å². The highest BCUT2D eigenvalue weighted by Crippen LogP contribution is 2.27. The number of aldehydes is 1. The van der Waals surface area contributed by atoms with Gasteiger partial charge in [0.25, 0.3) is 0 Å². The summed E-state index contributed by atoms with van der Waals surface area (Å²) in [4.78, 5) is 25.2. The summed E-state index contributed by atoms with van der Waals surface area (Å²) in [6.07, 6.45) is 7.34. The quantitative estimate of drug-likeness (QED) is 0.536. The summed E-state index contributed by atoms with van der Waals surface area (Å²) in [7, 11) is 1.92. The molecule has 0 fully saturated rings. The topological polar surface area (TPSA) is 37.4 Å². The molecule has 0 heterocycles. The van der Waals surface area contributed by atoms with Gasteiger partial charge in [-0.3, -0.25) is 4.79 Å². The first-order valence-corrected chi connectivity index (χ1v) is 8.22. The van der Waals surface area contributed by atoms with Crippen molar-refractivity contribution in [1.29, 1.82) is 0 Å². The zero-order valence-electron chi connectivity index (χ0n) is 14.0. The van der Waals surface area contributed by atoms with Gasteiger partial charge >= 0.3 is 0 Å². The largest absolute Gasteiger partial charge is 0.342 e. The van der Waals surface area contributed by atoms with E-state index in [1.54, 1.807) is 0 Å². The molecule has 0 radical (unpaired) electrons. The van der Waals surface area contributed by atoms with E-state index in [9.17, 15) is 9.59 Å². The monoisotopic (exact) mass is 283 g/mol. The second-order valence-electron chi connectivity index (χ2n) is 5.94. The molecule has 0 saturated carbocycles. The maximum Gasteiger partial charge on any atom is 0.222 e. The van der Waals surface area contributed by atoms with E-state index in [2.05, 4.69) is 27.7 Å². The summed E-state index contributed by atoms with van der Waals surface area (Å²) >= 11 is 0. The van der Waals surface area contributed by atoms with Crippen molar-refractivity contribution >= 4 is 12.2 Å². The maximum absolute atomic E-state index is 12.3. The molecule has 0 bridgehead atoms. The Morgan fingerprint density at radius 3 is 2.30 bits per heavy atom. The molecule has 3 heteroatoms. The summed E-state index contributed by atoms with van der Waals surface area (Å²) < 4.78 is 0. The van der Waals surface area contributed by atoms with E-state index < -0.39 is 0 Å². The van der Waals surface area contributed by atoms with Gasteiger partial charge in [-0.2, -0.15) is 0 Å². The highest BCUT2D eigenvalue weighted by atomic mass is 16.2. The van der Waals surface area contributed by atoms with Crippen LogP contribution in [0.4, 0.5) is 0 Å². The smallest absolute Gasteiger partial charge is 0.222 e. The van der Waals surface area contributed by atoms with Crippen LogP contribution in [0.15, 0.2) is 0 Å². The van der Waals surface area contributed by atoms with Crippen LogP contribution in [0, 0.1) is 11.8 Å². The Morgan fingerprint density at radius 1 is 1.20 bits per heavy atom. The molecule has 0 spiro atoms. The lowest BCUT2D eigenvalue weighted by molar-refractivity contribution is -0.135. The Labute approximate surface area is 125 Å². The zero-order chi connectivity index (χ0) is 15.5. The van der Waals surface area contributed by atoms with Crippen molar-refractivity contribution in [2.45, 2.75) is 78.7 Å². The van der Waals surface area contributed by atoms with Crippen LogP contribution in [0.3, 0.4) is 0 Å². The average Bonchev–Trinajstić information content (AvgIpc) is 2.44. The number of amides is 1. The molecular formula is C17H33NO2. The van der Waals surface area contributed by atoms with Crippen LogP contribution < -0.4 is 0 Å². The summed E-state index contributed by atoms with van der Waals surface area (Å²) in [5, 5.41) is 0. The second-order valence-corrected chi connectivity index (χ2v) is 5.94. The predicted octanol–water partition coefficient (Wildman–Crippen LogP) is 4.06. The minimum Gasteiger partial charge on any atom is -0.342 e. The molecule has 0 aromatic heterocycles. The molecular weight excluding hydrogens is 250 g/mol. The number of hydrogen-bond acceptors (Lipinski definition) is 2. The Bertz CT molecular complexity index is 278. The summed E-state index contributed by atoms with van der Waals surface area (Å²) in [5.41, 5.74) is 0. The maximum atomic E-state index is 12.3. The van der Waals surface area contributed by atoms with E-state index in [4.69, 9.17) is 0 Å². The van der Waals surface area contributed by atoms with Gasteiger partial charge in [-0.15, -0.1) is 0 Å². The van der Waals surface area contributed by atoms with Gasteiger partial charge in [-0.1, -0.05) is 47.0 Å². The summed E-state index contributed by atoms with van der Waals surface area (Å²) in [5.74, 6) is 0.953. The van der Waals surface area contributed by atoms with Crippen molar-refractivity contribution in [2.24, 2.45) is 11.8 Å². The lowest BCUT2D eigenvalue weighted by Gasteiger charge is -2.38. The highest BCUT2D eigenvalue weighted by molar-refractivity contribution is 5.76. The van der Waals surface area contributed by atoms with Crippen LogP contribution in [0.25, 0.3) is 0 Å². The normalized spacial score (nSPS) is 15.4. The molecule has 0 aromatic rings. The molecule has 0 saturated heterocycles. The second kappa shape index (κ2) is 10.9. The lowest BCUT2D eigenvalue weighted by atomic mass is 9.82. The molecule has 0 unspecified atom stereocenters. The van der Waals surface area contributed by atoms with Crippen LogP contribution in [0.2, 0.25) is 0 Å². The number of unbranched alkanes of at least 4 members (excludes halogenated alkanes) is 1. The molecule has 0 rings (SSSR count). The Kier molecular flexibility index (Phi) is 10.4. The highest BCUT2D eigenvalue weighted by Gasteiger charge is 2.30. The van der Waals surface area contributed by atoms with Gasteiger partial charge in [0, 0.05) is 25.9 Å². The van der Waals surface area contributed by atoms with Gasteiger partial charge in [-0.25, -0.2) is 0 Å². The number of hydrogen-bond donors (Lipinski definition) is 0. The molecule has 0 N–H and O–H groups in total. The van der Waals surface area contributed by atoms with Crippen LogP contribution in [0.1, 0.15) is 72.6 Å². The van der Waals surface area contributed by atoms with Crippen LogP contribution >= 0.6 is 0 Å². The predicted molar refractivity (Wildman–Crippen MR) is 84.6 cm³/mol. The molecule has 118 valence electrons. The third-order valence-corrected chi connectivity index (χ3v) is 4.32. The van der Waals surface area contributed by atoms with Gasteiger partial charge in [0.1, 0.15) is 6.29 Å². The molecule has 20 heavy (non-hydrogen) atoms. The summed E-state index contributed by atoms with van der Waals surface area (Å²) in [6, 6.07) is 0.189. The first-order valence-electron chi connectivity index (χ1n) is 8.22. The number of carbonyl (C=O) groups excluding carboxylic acids is 2. The number of carbonyl (C=O) groups is 2. The third kappa shape index (κ3) is 6.06. The first kappa shape index (κ1) is 19.1. The molecule has 3 nitrogen and oxygen atoms in total. The number of nitrogens with zero attached hydrogens (tertiary/aromatic N) is 1. The molecule has 0 aliphatic carbocycles. The van der Waals surface area contributed by atoms with Gasteiger partial charge in [0.15, 0.2) is 0 Å². The standard InChI is InChI=1S/C17H33NO2/c1-6-9-11-16(20)18(5)17(14(4)10-7-2)15(8-3)12-13-19/h13-15,17H,6-12H2,1-5H3/t14-,15+,17-/m0/s1. The first-order chi connectivity index (χ1) is 9.53. The molecule has 0 aliphatic rings. The van der Waals surface area contributed by atoms with E-state index in [0.717, 1.165) is 38.4 Å². The third-order valence-electron chi connectivity index (χ3n) is 4.32. The molecule has 1 amide bonds. The van der Waals surface area contributed by atoms with Gasteiger partial charge < -0.3 is 9.69 Å². The fraction of sp³-hybridized carbons (Fsp3) is 0.882. The van der Waals surface area contributed by atoms with E-state index in [0.29, 0.717) is 18.8 Å². The SMILES string of the molecule is CCCCC(=O)N(C)[C@H]([C@H](CC)CC=O)[C@@H](C)CCC. The fourth-order valence-corrected chi connectivity index (χ4v) is 3.13. The average molecular weight is 283 g/mol. The Morgan fingerprint density at radius 2 is 1.85 bits per heavy atom. The fourth-order valence-electron chi connectivity index (χ4n) is 3.13. The Balaban J connectivity index is 4.97. The van der Waals surface area contributed by atoms with Crippen molar-refractivity contribution in [2.75, 3.05) is 7.05 Å². The minimum absolute atomic E-state index is 0.189. The van der Waals surface area contributed by atoms with Crippen molar-refractivity contribution in [3.05, 3.63) is 0 Å². The molecule has 0 aromatic carbocycles. The molecule has 0 aliphatic heterocycles. The van der Waals surface area contributed by atoms with Crippen LogP contribution in [0.5, 0.6) is 0 Å². The Hall–Kier alpha value is -0.860. The van der Waals surface area contributed by atoms with E-state index in [1.807, 2.05) is 11.9 Å². The van der Waals surface area contributed by atoms with Crippen LogP contribution in [-0.4, -0.2) is 30.2 Å². The molecule has 3 atom stereocenters. The van der Waals surface area contributed by atoms with Crippen LogP contribution in [-0.2, 0) is 9.59 Å². The zero-order valence-corrected chi connectivity index (χ0v) is 14.0. The van der Waals surface area contributed by atoms with E-state index in [1.165, 1.54) is 0 Å². The minimum atomic E-state index is 0.189. The number of rotatable bonds is 11. The van der Waals surface area contributed by atoms with Crippen molar-refractivity contribution in [3.8, 4) is 0 Å². The van der Waals surface area contributed by atoms with Crippen molar-refractivity contribution < 1.29 is 9.59 Å². The lowest BCUT2D eigenvalue weighted by Crippen LogP contribution is -2.46. The van der Waals surface area contributed by atoms with Gasteiger partial charge in [0.2, 0.25) is 5.91 Å². The van der Waals surface area contributed by atoms with Crippen molar-refractivity contribution in [1.82, 2.24) is 4.90 Å².